The van der Waals surface area contributed by atoms with E-state index in [0.29, 0.717) is 13.2 Å². The molecule has 80 valence electrons. The summed E-state index contributed by atoms with van der Waals surface area (Å²) in [6.45, 7) is 4.55. The predicted molar refractivity (Wildman–Crippen MR) is 43.3 cm³/mol. The predicted octanol–water partition coefficient (Wildman–Crippen LogP) is -4.59. The summed E-state index contributed by atoms with van der Waals surface area (Å²) in [6.07, 6.45) is 0.154. The number of halogens is 2. The molecule has 0 rings (SSSR count). The number of hydrogen-bond acceptors (Lipinski definition) is 4. The maximum Gasteiger partial charge on any atom is 0.189 e. The van der Waals surface area contributed by atoms with Crippen LogP contribution in [0.15, 0.2) is 0 Å². The quantitative estimate of drug-likeness (QED) is 0.376. The van der Waals surface area contributed by atoms with Crippen LogP contribution in [-0.4, -0.2) is 25.0 Å². The van der Waals surface area contributed by atoms with Crippen molar-refractivity contribution in [2.75, 3.05) is 13.2 Å². The van der Waals surface area contributed by atoms with Crippen LogP contribution < -0.4 is 24.8 Å². The molecule has 0 aliphatic heterocycles. The minimum Gasteiger partial charge on any atom is -1.00 e. The Morgan fingerprint density at radius 2 is 1.23 bits per heavy atom. The third kappa shape index (κ3) is 11.5. The molecule has 0 heterocycles. The van der Waals surface area contributed by atoms with E-state index < -0.39 is 0 Å². The first kappa shape index (κ1) is 18.3. The molecule has 0 unspecified atom stereocenters. The zero-order chi connectivity index (χ0) is 8.69. The van der Waals surface area contributed by atoms with Gasteiger partial charge in [-0.1, -0.05) is 0 Å². The molecule has 0 radical (unpaired) electrons. The van der Waals surface area contributed by atoms with Crippen LogP contribution in [0, 0.1) is 10.8 Å². The van der Waals surface area contributed by atoms with Crippen LogP contribution in [-0.2, 0) is 9.47 Å². The number of nitrogens with one attached hydrogen (secondary N) is 2. The van der Waals surface area contributed by atoms with E-state index in [2.05, 4.69) is 0 Å². The molecule has 0 atom stereocenters. The first-order valence-corrected chi connectivity index (χ1v) is 3.61. The van der Waals surface area contributed by atoms with E-state index in [1.165, 1.54) is 0 Å². The smallest absolute Gasteiger partial charge is 0.189 e. The van der Waals surface area contributed by atoms with E-state index in [-0.39, 0.29) is 43.0 Å². The Morgan fingerprint density at radius 3 is 1.46 bits per heavy atom. The Bertz CT molecular complexity index is 137. The highest BCUT2D eigenvalue weighted by Crippen LogP contribution is 1.90. The summed E-state index contributed by atoms with van der Waals surface area (Å²) in [7, 11) is 0. The van der Waals surface area contributed by atoms with Crippen LogP contribution in [0.3, 0.4) is 0 Å². The van der Waals surface area contributed by atoms with Crippen LogP contribution in [0.5, 0.6) is 0 Å². The maximum atomic E-state index is 7.15. The fourth-order valence-corrected chi connectivity index (χ4v) is 0.596. The molecule has 0 amide bonds. The second kappa shape index (κ2) is 11.5. The topological polar surface area (TPSA) is 66.2 Å². The monoisotopic (exact) mass is 228 g/mol. The van der Waals surface area contributed by atoms with Crippen molar-refractivity contribution in [3.05, 3.63) is 0 Å². The molecule has 0 spiro atoms. The van der Waals surface area contributed by atoms with Crippen LogP contribution in [0.2, 0.25) is 0 Å². The molecule has 2 N–H and O–H groups in total. The SMILES string of the molecule is CCOC(=N)CC(=N)OCC.[Cl-].[Cl-]. The molecule has 0 fully saturated rings. The van der Waals surface area contributed by atoms with Gasteiger partial charge in [-0.25, -0.2) is 0 Å². The highest BCUT2D eigenvalue weighted by Gasteiger charge is 2.02. The summed E-state index contributed by atoms with van der Waals surface area (Å²) in [4.78, 5) is 0. The van der Waals surface area contributed by atoms with Crippen LogP contribution in [0.25, 0.3) is 0 Å². The Morgan fingerprint density at radius 1 is 0.923 bits per heavy atom. The summed E-state index contributed by atoms with van der Waals surface area (Å²) in [5.41, 5.74) is 0. The summed E-state index contributed by atoms with van der Waals surface area (Å²) < 4.78 is 9.64. The van der Waals surface area contributed by atoms with Crippen molar-refractivity contribution in [1.82, 2.24) is 0 Å². The van der Waals surface area contributed by atoms with Gasteiger partial charge in [0.1, 0.15) is 0 Å². The number of ether oxygens (including phenoxy) is 2. The average Bonchev–Trinajstić information content (AvgIpc) is 1.87. The van der Waals surface area contributed by atoms with E-state index >= 15 is 0 Å². The Balaban J connectivity index is -0.000000500. The van der Waals surface area contributed by atoms with E-state index in [4.69, 9.17) is 20.3 Å². The van der Waals surface area contributed by atoms with Crippen molar-refractivity contribution in [2.24, 2.45) is 0 Å². The maximum absolute atomic E-state index is 7.15. The molecule has 0 bridgehead atoms. The lowest BCUT2D eigenvalue weighted by atomic mass is 10.4. The second-order valence-electron chi connectivity index (χ2n) is 1.89. The lowest BCUT2D eigenvalue weighted by Gasteiger charge is -2.05. The fourth-order valence-electron chi connectivity index (χ4n) is 0.596. The van der Waals surface area contributed by atoms with Gasteiger partial charge in [0, 0.05) is 0 Å². The Hall–Kier alpha value is -0.480. The standard InChI is InChI=1S/C7H14N2O2.2ClH/c1-3-10-6(8)5-7(9)11-4-2;;/h8-9H,3-5H2,1-2H3;2*1H/p-2. The lowest BCUT2D eigenvalue weighted by Crippen LogP contribution is -3.00. The van der Waals surface area contributed by atoms with Crippen molar-refractivity contribution in [3.8, 4) is 0 Å². The van der Waals surface area contributed by atoms with Gasteiger partial charge in [-0.3, -0.25) is 10.8 Å². The highest BCUT2D eigenvalue weighted by atomic mass is 35.5. The van der Waals surface area contributed by atoms with E-state index in [0.717, 1.165) is 0 Å². The van der Waals surface area contributed by atoms with Crippen molar-refractivity contribution in [1.29, 1.82) is 10.8 Å². The van der Waals surface area contributed by atoms with Crippen molar-refractivity contribution < 1.29 is 34.3 Å². The molecular formula is C7H14Cl2N2O2-2. The molecule has 0 aromatic carbocycles. The third-order valence-corrected chi connectivity index (χ3v) is 0.958. The summed E-state index contributed by atoms with van der Waals surface area (Å²) in [6, 6.07) is 0. The third-order valence-electron chi connectivity index (χ3n) is 0.958. The summed E-state index contributed by atoms with van der Waals surface area (Å²) in [5, 5.41) is 14.3. The highest BCUT2D eigenvalue weighted by molar-refractivity contribution is 5.93. The number of hydrogen-bond donors (Lipinski definition) is 2. The van der Waals surface area contributed by atoms with Gasteiger partial charge in [0.15, 0.2) is 11.8 Å². The minimum absolute atomic E-state index is 0. The first-order valence-electron chi connectivity index (χ1n) is 3.61. The van der Waals surface area contributed by atoms with Gasteiger partial charge in [-0.15, -0.1) is 0 Å². The zero-order valence-electron chi connectivity index (χ0n) is 7.69. The Kier molecular flexibility index (Phi) is 16.2. The van der Waals surface area contributed by atoms with Gasteiger partial charge in [-0.2, -0.15) is 0 Å². The minimum atomic E-state index is 0. The molecular weight excluding hydrogens is 215 g/mol. The largest absolute Gasteiger partial charge is 1.00 e. The lowest BCUT2D eigenvalue weighted by molar-refractivity contribution is -0.00100. The molecule has 0 aromatic heterocycles. The van der Waals surface area contributed by atoms with E-state index in [1.807, 2.05) is 0 Å². The molecule has 0 aromatic rings. The molecule has 13 heavy (non-hydrogen) atoms. The molecule has 6 heteroatoms. The molecule has 0 aliphatic carbocycles. The van der Waals surface area contributed by atoms with Gasteiger partial charge < -0.3 is 34.3 Å². The van der Waals surface area contributed by atoms with E-state index in [9.17, 15) is 0 Å². The first-order chi connectivity index (χ1) is 5.20. The van der Waals surface area contributed by atoms with Crippen molar-refractivity contribution >= 4 is 11.8 Å². The van der Waals surface area contributed by atoms with Crippen molar-refractivity contribution in [3.63, 3.8) is 0 Å². The van der Waals surface area contributed by atoms with Gasteiger partial charge in [-0.05, 0) is 13.8 Å². The molecule has 0 saturated carbocycles. The molecule has 0 aliphatic rings. The van der Waals surface area contributed by atoms with Gasteiger partial charge >= 0.3 is 0 Å². The number of rotatable bonds is 4. The normalized spacial score (nSPS) is 7.54. The van der Waals surface area contributed by atoms with Crippen LogP contribution >= 0.6 is 0 Å². The zero-order valence-corrected chi connectivity index (χ0v) is 9.21. The summed E-state index contributed by atoms with van der Waals surface area (Å²) >= 11 is 0. The van der Waals surface area contributed by atoms with Gasteiger partial charge in [0.2, 0.25) is 0 Å². The molecule has 4 nitrogen and oxygen atoms in total. The van der Waals surface area contributed by atoms with Crippen LogP contribution in [0.4, 0.5) is 0 Å². The van der Waals surface area contributed by atoms with Gasteiger partial charge in [0.25, 0.3) is 0 Å². The average molecular weight is 229 g/mol. The van der Waals surface area contributed by atoms with Crippen molar-refractivity contribution in [2.45, 2.75) is 20.3 Å². The second-order valence-corrected chi connectivity index (χ2v) is 1.89. The van der Waals surface area contributed by atoms with Crippen LogP contribution in [0.1, 0.15) is 20.3 Å². The Labute approximate surface area is 90.8 Å². The summed E-state index contributed by atoms with van der Waals surface area (Å²) in [5.74, 6) is 0.178. The fraction of sp³-hybridized carbons (Fsp3) is 0.714. The molecule has 0 saturated heterocycles. The van der Waals surface area contributed by atoms with E-state index in [1.54, 1.807) is 13.8 Å². The van der Waals surface area contributed by atoms with Gasteiger partial charge in [0.05, 0.1) is 19.6 Å².